The Kier molecular flexibility index (Phi) is 5.61. The number of ether oxygens (including phenoxy) is 1. The number of aryl methyl sites for hydroxylation is 1. The van der Waals surface area contributed by atoms with Crippen LogP contribution in [0.25, 0.3) is 5.57 Å². The second-order valence-corrected chi connectivity index (χ2v) is 6.45. The van der Waals surface area contributed by atoms with Gasteiger partial charge in [-0.2, -0.15) is 0 Å². The third kappa shape index (κ3) is 4.38. The van der Waals surface area contributed by atoms with Crippen LogP contribution in [0, 0.1) is 6.92 Å². The molecule has 27 heavy (non-hydrogen) atoms. The van der Waals surface area contributed by atoms with Crippen LogP contribution in [0.5, 0.6) is 0 Å². The van der Waals surface area contributed by atoms with E-state index in [0.717, 1.165) is 30.9 Å². The minimum atomic E-state index is -0.442. The fraction of sp³-hybridized carbons (Fsp3) is 0.300. The molecule has 3 rings (SSSR count). The van der Waals surface area contributed by atoms with E-state index in [1.54, 1.807) is 30.5 Å². The molecule has 1 aliphatic heterocycles. The summed E-state index contributed by atoms with van der Waals surface area (Å²) in [5.74, 6) is -0.361. The normalized spacial score (nSPS) is 14.4. The number of hydrogen-bond acceptors (Lipinski definition) is 6. The van der Waals surface area contributed by atoms with Gasteiger partial charge in [0.2, 0.25) is 0 Å². The lowest BCUT2D eigenvalue weighted by molar-refractivity contribution is 0.0600. The predicted octanol–water partition coefficient (Wildman–Crippen LogP) is 2.54. The van der Waals surface area contributed by atoms with Crippen molar-refractivity contribution in [1.29, 1.82) is 0 Å². The van der Waals surface area contributed by atoms with Gasteiger partial charge in [-0.25, -0.2) is 9.78 Å². The highest BCUT2D eigenvalue weighted by Gasteiger charge is 2.15. The summed E-state index contributed by atoms with van der Waals surface area (Å²) in [5.41, 5.74) is 3.66. The van der Waals surface area contributed by atoms with Crippen LogP contribution in [0.3, 0.4) is 0 Å². The predicted molar refractivity (Wildman–Crippen MR) is 103 cm³/mol. The summed E-state index contributed by atoms with van der Waals surface area (Å²) in [6.45, 7) is 3.78. The highest BCUT2D eigenvalue weighted by Crippen LogP contribution is 2.23. The summed E-state index contributed by atoms with van der Waals surface area (Å²) in [4.78, 5) is 35.1. The second kappa shape index (κ2) is 8.09. The van der Waals surface area contributed by atoms with E-state index < -0.39 is 5.97 Å². The van der Waals surface area contributed by atoms with Crippen LogP contribution in [0.2, 0.25) is 0 Å². The average Bonchev–Trinajstić information content (AvgIpc) is 2.68. The van der Waals surface area contributed by atoms with Crippen molar-refractivity contribution in [3.8, 4) is 0 Å². The quantitative estimate of drug-likeness (QED) is 0.837. The zero-order valence-corrected chi connectivity index (χ0v) is 15.7. The molecule has 1 aromatic heterocycles. The van der Waals surface area contributed by atoms with Crippen molar-refractivity contribution in [3.05, 3.63) is 59.1 Å². The monoisotopic (exact) mass is 366 g/mol. The van der Waals surface area contributed by atoms with Crippen molar-refractivity contribution in [3.63, 3.8) is 0 Å². The third-order valence-corrected chi connectivity index (χ3v) is 4.47. The summed E-state index contributed by atoms with van der Waals surface area (Å²) >= 11 is 0. The van der Waals surface area contributed by atoms with E-state index in [0.29, 0.717) is 16.9 Å². The molecule has 0 atom stereocenters. The van der Waals surface area contributed by atoms with Gasteiger partial charge in [0.1, 0.15) is 0 Å². The molecule has 0 saturated heterocycles. The molecule has 0 bridgehead atoms. The van der Waals surface area contributed by atoms with E-state index in [1.807, 2.05) is 6.92 Å². The largest absolute Gasteiger partial charge is 0.465 e. The van der Waals surface area contributed by atoms with E-state index in [-0.39, 0.29) is 5.91 Å². The van der Waals surface area contributed by atoms with Gasteiger partial charge in [0, 0.05) is 18.7 Å². The molecular weight excluding hydrogens is 344 g/mol. The molecule has 7 nitrogen and oxygen atoms in total. The first-order valence-corrected chi connectivity index (χ1v) is 8.69. The standard InChI is InChI=1S/C20H22N4O3/c1-13-18(14-8-10-24(2)11-9-14)21-12-17(22-13)23-19(25)15-4-6-16(7-5-15)20(26)27-3/h4-8,12H,9-11H2,1-3H3,(H,22,23,25). The van der Waals surface area contributed by atoms with Crippen LogP contribution < -0.4 is 5.32 Å². The summed E-state index contributed by atoms with van der Waals surface area (Å²) in [6, 6.07) is 6.24. The summed E-state index contributed by atoms with van der Waals surface area (Å²) in [7, 11) is 3.40. The van der Waals surface area contributed by atoms with Gasteiger partial charge < -0.3 is 15.0 Å². The molecule has 0 saturated carbocycles. The summed E-state index contributed by atoms with van der Waals surface area (Å²) in [5, 5.41) is 2.74. The lowest BCUT2D eigenvalue weighted by Gasteiger charge is -2.22. The fourth-order valence-corrected chi connectivity index (χ4v) is 2.91. The highest BCUT2D eigenvalue weighted by atomic mass is 16.5. The zero-order valence-electron chi connectivity index (χ0n) is 15.7. The first-order valence-electron chi connectivity index (χ1n) is 8.69. The lowest BCUT2D eigenvalue weighted by atomic mass is 10.0. The number of carbonyl (C=O) groups excluding carboxylic acids is 2. The van der Waals surface area contributed by atoms with Crippen LogP contribution in [0.15, 0.2) is 36.5 Å². The molecule has 0 radical (unpaired) electrons. The van der Waals surface area contributed by atoms with Gasteiger partial charge in [-0.1, -0.05) is 6.08 Å². The van der Waals surface area contributed by atoms with Crippen molar-refractivity contribution in [2.24, 2.45) is 0 Å². The molecule has 140 valence electrons. The van der Waals surface area contributed by atoms with E-state index in [9.17, 15) is 9.59 Å². The Labute approximate surface area is 158 Å². The fourth-order valence-electron chi connectivity index (χ4n) is 2.91. The molecule has 1 aromatic carbocycles. The van der Waals surface area contributed by atoms with Gasteiger partial charge in [-0.3, -0.25) is 9.78 Å². The Balaban J connectivity index is 1.71. The van der Waals surface area contributed by atoms with Crippen molar-refractivity contribution in [2.75, 3.05) is 32.6 Å². The molecule has 1 amide bonds. The Hall–Kier alpha value is -3.06. The SMILES string of the molecule is COC(=O)c1ccc(C(=O)Nc2cnc(C3=CCN(C)CC3)c(C)n2)cc1. The topological polar surface area (TPSA) is 84.4 Å². The summed E-state index contributed by atoms with van der Waals surface area (Å²) in [6.07, 6.45) is 4.67. The second-order valence-electron chi connectivity index (χ2n) is 6.45. The molecule has 0 aliphatic carbocycles. The maximum atomic E-state index is 12.4. The Morgan fingerprint density at radius 1 is 1.19 bits per heavy atom. The molecule has 7 heteroatoms. The summed E-state index contributed by atoms with van der Waals surface area (Å²) < 4.78 is 4.65. The number of anilines is 1. The number of methoxy groups -OCH3 is 1. The Morgan fingerprint density at radius 2 is 1.89 bits per heavy atom. The minimum absolute atomic E-state index is 0.314. The average molecular weight is 366 g/mol. The molecule has 0 fully saturated rings. The number of likely N-dealkylation sites (N-methyl/N-ethyl adjacent to an activating group) is 1. The van der Waals surface area contributed by atoms with E-state index >= 15 is 0 Å². The van der Waals surface area contributed by atoms with Crippen LogP contribution in [0.4, 0.5) is 5.82 Å². The Morgan fingerprint density at radius 3 is 2.48 bits per heavy atom. The zero-order chi connectivity index (χ0) is 19.4. The van der Waals surface area contributed by atoms with Crippen LogP contribution in [-0.2, 0) is 4.74 Å². The smallest absolute Gasteiger partial charge is 0.337 e. The molecule has 1 N–H and O–H groups in total. The molecule has 1 aliphatic rings. The number of aromatic nitrogens is 2. The highest BCUT2D eigenvalue weighted by molar-refractivity contribution is 6.04. The first kappa shape index (κ1) is 18.7. The number of carbonyl (C=O) groups is 2. The molecule has 0 unspecified atom stereocenters. The van der Waals surface area contributed by atoms with Gasteiger partial charge in [-0.05, 0) is 50.2 Å². The van der Waals surface area contributed by atoms with Gasteiger partial charge in [0.05, 0.1) is 30.3 Å². The number of nitrogens with zero attached hydrogens (tertiary/aromatic N) is 3. The third-order valence-electron chi connectivity index (χ3n) is 4.47. The van der Waals surface area contributed by atoms with Gasteiger partial charge in [0.25, 0.3) is 5.91 Å². The van der Waals surface area contributed by atoms with E-state index in [4.69, 9.17) is 0 Å². The van der Waals surface area contributed by atoms with Crippen molar-refractivity contribution >= 4 is 23.3 Å². The van der Waals surface area contributed by atoms with E-state index in [2.05, 4.69) is 38.0 Å². The number of hydrogen-bond donors (Lipinski definition) is 1. The van der Waals surface area contributed by atoms with Crippen molar-refractivity contribution in [1.82, 2.24) is 14.9 Å². The van der Waals surface area contributed by atoms with Gasteiger partial charge in [-0.15, -0.1) is 0 Å². The number of rotatable bonds is 4. The number of amides is 1. The van der Waals surface area contributed by atoms with Gasteiger partial charge >= 0.3 is 5.97 Å². The molecule has 0 spiro atoms. The Bertz CT molecular complexity index is 891. The van der Waals surface area contributed by atoms with Crippen LogP contribution in [-0.4, -0.2) is 54.0 Å². The number of esters is 1. The van der Waals surface area contributed by atoms with Crippen molar-refractivity contribution in [2.45, 2.75) is 13.3 Å². The maximum absolute atomic E-state index is 12.4. The molecule has 2 aromatic rings. The first-order chi connectivity index (χ1) is 13.0. The lowest BCUT2D eigenvalue weighted by Crippen LogP contribution is -2.24. The van der Waals surface area contributed by atoms with Crippen molar-refractivity contribution < 1.29 is 14.3 Å². The molecular formula is C20H22N4O3. The van der Waals surface area contributed by atoms with Gasteiger partial charge in [0.15, 0.2) is 5.82 Å². The number of nitrogens with one attached hydrogen (secondary N) is 1. The van der Waals surface area contributed by atoms with Crippen LogP contribution >= 0.6 is 0 Å². The van der Waals surface area contributed by atoms with E-state index in [1.165, 1.54) is 12.7 Å². The minimum Gasteiger partial charge on any atom is -0.465 e. The molecule has 2 heterocycles. The maximum Gasteiger partial charge on any atom is 0.337 e. The van der Waals surface area contributed by atoms with Crippen LogP contribution in [0.1, 0.15) is 38.5 Å². The number of benzene rings is 1.